The number of methoxy groups -OCH3 is 2. The van der Waals surface area contributed by atoms with E-state index >= 15 is 0 Å². The van der Waals surface area contributed by atoms with Crippen molar-refractivity contribution in [3.05, 3.63) is 42.5 Å². The van der Waals surface area contributed by atoms with E-state index in [1.165, 1.54) is 4.90 Å². The highest BCUT2D eigenvalue weighted by molar-refractivity contribution is 6.00. The van der Waals surface area contributed by atoms with Gasteiger partial charge in [-0.2, -0.15) is 0 Å². The molecule has 2 aromatic rings. The summed E-state index contributed by atoms with van der Waals surface area (Å²) in [5, 5.41) is 2.82. The molecule has 1 fully saturated rings. The Bertz CT molecular complexity index is 886. The molecule has 1 N–H and O–H groups in total. The molecule has 29 heavy (non-hydrogen) atoms. The minimum atomic E-state index is -0.278. The Morgan fingerprint density at radius 3 is 2.52 bits per heavy atom. The summed E-state index contributed by atoms with van der Waals surface area (Å²) in [6.07, 6.45) is 0. The van der Waals surface area contributed by atoms with Crippen molar-refractivity contribution in [3.63, 3.8) is 0 Å². The van der Waals surface area contributed by atoms with Crippen LogP contribution in [0.1, 0.15) is 6.92 Å². The number of anilines is 2. The number of ether oxygens (including phenoxy) is 3. The van der Waals surface area contributed by atoms with Crippen LogP contribution in [0.3, 0.4) is 0 Å². The highest BCUT2D eigenvalue weighted by Crippen LogP contribution is 2.32. The molecule has 154 valence electrons. The van der Waals surface area contributed by atoms with Crippen LogP contribution < -0.4 is 24.4 Å². The van der Waals surface area contributed by atoms with Gasteiger partial charge in [0.25, 0.3) is 0 Å². The summed E-state index contributed by atoms with van der Waals surface area (Å²) in [7, 11) is 3.10. The molecule has 0 unspecified atom stereocenters. The van der Waals surface area contributed by atoms with Crippen LogP contribution >= 0.6 is 0 Å². The predicted molar refractivity (Wildman–Crippen MR) is 110 cm³/mol. The lowest BCUT2D eigenvalue weighted by molar-refractivity contribution is -0.116. The predicted octanol–water partition coefficient (Wildman–Crippen LogP) is 2.98. The zero-order valence-electron chi connectivity index (χ0n) is 16.8. The van der Waals surface area contributed by atoms with Crippen molar-refractivity contribution in [3.8, 4) is 17.2 Å². The van der Waals surface area contributed by atoms with Gasteiger partial charge < -0.3 is 24.4 Å². The van der Waals surface area contributed by atoms with Gasteiger partial charge in [-0.1, -0.05) is 12.1 Å². The first kappa shape index (κ1) is 20.3. The van der Waals surface area contributed by atoms with E-state index < -0.39 is 0 Å². The number of amides is 3. The third-order valence-corrected chi connectivity index (χ3v) is 4.57. The summed E-state index contributed by atoms with van der Waals surface area (Å²) in [4.78, 5) is 28.4. The number of urea groups is 1. The highest BCUT2D eigenvalue weighted by Gasteiger charge is 2.31. The van der Waals surface area contributed by atoms with Gasteiger partial charge in [0.1, 0.15) is 12.3 Å². The molecule has 0 aliphatic carbocycles. The molecular formula is C21H25N3O5. The molecule has 0 spiro atoms. The van der Waals surface area contributed by atoms with Crippen molar-refractivity contribution >= 4 is 23.3 Å². The maximum atomic E-state index is 12.8. The first-order chi connectivity index (χ1) is 14.1. The third-order valence-electron chi connectivity index (χ3n) is 4.57. The van der Waals surface area contributed by atoms with Crippen LogP contribution in [0.5, 0.6) is 17.2 Å². The SMILES string of the molecule is CCOc1ccccc1NC(=O)CN1CCN(c2ccc(OC)c(OC)c2)C1=O. The van der Waals surface area contributed by atoms with Crippen LogP contribution in [0.4, 0.5) is 16.2 Å². The Morgan fingerprint density at radius 2 is 1.79 bits per heavy atom. The zero-order chi connectivity index (χ0) is 20.8. The van der Waals surface area contributed by atoms with E-state index in [0.717, 1.165) is 0 Å². The molecule has 0 aromatic heterocycles. The van der Waals surface area contributed by atoms with Gasteiger partial charge in [0.15, 0.2) is 11.5 Å². The van der Waals surface area contributed by atoms with Gasteiger partial charge in [-0.15, -0.1) is 0 Å². The van der Waals surface area contributed by atoms with Gasteiger partial charge in [0.2, 0.25) is 5.91 Å². The number of para-hydroxylation sites is 2. The standard InChI is InChI=1S/C21H25N3O5/c1-4-29-17-8-6-5-7-16(17)22-20(25)14-23-11-12-24(21(23)26)15-9-10-18(27-2)19(13-15)28-3/h5-10,13H,4,11-12,14H2,1-3H3,(H,22,25). The quantitative estimate of drug-likeness (QED) is 0.738. The third kappa shape index (κ3) is 4.53. The first-order valence-electron chi connectivity index (χ1n) is 9.37. The fourth-order valence-electron chi connectivity index (χ4n) is 3.18. The van der Waals surface area contributed by atoms with E-state index in [4.69, 9.17) is 14.2 Å². The molecule has 3 amide bonds. The largest absolute Gasteiger partial charge is 0.493 e. The fraction of sp³-hybridized carbons (Fsp3) is 0.333. The smallest absolute Gasteiger partial charge is 0.325 e. The van der Waals surface area contributed by atoms with Crippen LogP contribution in [0.15, 0.2) is 42.5 Å². The number of hydrogen-bond acceptors (Lipinski definition) is 5. The molecule has 0 radical (unpaired) electrons. The summed E-state index contributed by atoms with van der Waals surface area (Å²) >= 11 is 0. The Kier molecular flexibility index (Phi) is 6.43. The number of nitrogens with one attached hydrogen (secondary N) is 1. The lowest BCUT2D eigenvalue weighted by atomic mass is 10.2. The van der Waals surface area contributed by atoms with Crippen LogP contribution in [0, 0.1) is 0 Å². The fourth-order valence-corrected chi connectivity index (χ4v) is 3.18. The number of nitrogens with zero attached hydrogens (tertiary/aromatic N) is 2. The second-order valence-electron chi connectivity index (χ2n) is 6.37. The van der Waals surface area contributed by atoms with Crippen LogP contribution in [0.2, 0.25) is 0 Å². The van der Waals surface area contributed by atoms with Crippen LogP contribution in [-0.2, 0) is 4.79 Å². The average Bonchev–Trinajstić information content (AvgIpc) is 3.09. The maximum absolute atomic E-state index is 12.8. The van der Waals surface area contributed by atoms with Crippen molar-refractivity contribution in [2.75, 3.05) is 50.7 Å². The van der Waals surface area contributed by atoms with Gasteiger partial charge in [0, 0.05) is 24.8 Å². The van der Waals surface area contributed by atoms with Crippen molar-refractivity contribution in [1.29, 1.82) is 0 Å². The summed E-state index contributed by atoms with van der Waals surface area (Å²) in [6.45, 7) is 3.27. The molecule has 0 atom stereocenters. The van der Waals surface area contributed by atoms with E-state index in [1.54, 1.807) is 49.5 Å². The van der Waals surface area contributed by atoms with Crippen molar-refractivity contribution in [2.24, 2.45) is 0 Å². The maximum Gasteiger partial charge on any atom is 0.325 e. The summed E-state index contributed by atoms with van der Waals surface area (Å²) in [5.41, 5.74) is 1.28. The first-order valence-corrected chi connectivity index (χ1v) is 9.37. The Balaban J connectivity index is 1.65. The second-order valence-corrected chi connectivity index (χ2v) is 6.37. The Labute approximate surface area is 170 Å². The van der Waals surface area contributed by atoms with E-state index in [2.05, 4.69) is 5.32 Å². The molecule has 8 nitrogen and oxygen atoms in total. The minimum absolute atomic E-state index is 0.0386. The minimum Gasteiger partial charge on any atom is -0.493 e. The second kappa shape index (κ2) is 9.18. The highest BCUT2D eigenvalue weighted by atomic mass is 16.5. The monoisotopic (exact) mass is 399 g/mol. The summed E-state index contributed by atoms with van der Waals surface area (Å²) in [5.74, 6) is 1.45. The number of carbonyl (C=O) groups is 2. The normalized spacial score (nSPS) is 13.4. The Hall–Kier alpha value is -3.42. The van der Waals surface area contributed by atoms with Gasteiger partial charge in [-0.25, -0.2) is 4.79 Å². The van der Waals surface area contributed by atoms with Gasteiger partial charge in [0.05, 0.1) is 26.5 Å². The molecule has 0 saturated carbocycles. The number of rotatable bonds is 8. The van der Waals surface area contributed by atoms with Crippen LogP contribution in [0.25, 0.3) is 0 Å². The van der Waals surface area contributed by atoms with Crippen molar-refractivity contribution in [2.45, 2.75) is 6.92 Å². The molecule has 0 bridgehead atoms. The zero-order valence-corrected chi connectivity index (χ0v) is 16.8. The molecule has 3 rings (SSSR count). The van der Waals surface area contributed by atoms with Gasteiger partial charge in [-0.05, 0) is 31.2 Å². The van der Waals surface area contributed by atoms with Crippen molar-refractivity contribution < 1.29 is 23.8 Å². The van der Waals surface area contributed by atoms with Gasteiger partial charge >= 0.3 is 6.03 Å². The molecular weight excluding hydrogens is 374 g/mol. The lowest BCUT2D eigenvalue weighted by Crippen LogP contribution is -2.37. The molecule has 1 aliphatic rings. The topological polar surface area (TPSA) is 80.3 Å². The summed E-state index contributed by atoms with van der Waals surface area (Å²) < 4.78 is 16.1. The van der Waals surface area contributed by atoms with E-state index in [-0.39, 0.29) is 18.5 Å². The number of carbonyl (C=O) groups excluding carboxylic acids is 2. The Morgan fingerprint density at radius 1 is 1.03 bits per heavy atom. The molecule has 1 heterocycles. The average molecular weight is 399 g/mol. The number of hydrogen-bond donors (Lipinski definition) is 1. The molecule has 2 aromatic carbocycles. The lowest BCUT2D eigenvalue weighted by Gasteiger charge is -2.20. The number of benzene rings is 2. The molecule has 8 heteroatoms. The van der Waals surface area contributed by atoms with Gasteiger partial charge in [-0.3, -0.25) is 9.69 Å². The molecule has 1 aliphatic heterocycles. The van der Waals surface area contributed by atoms with E-state index in [0.29, 0.717) is 48.3 Å². The van der Waals surface area contributed by atoms with Crippen molar-refractivity contribution in [1.82, 2.24) is 4.90 Å². The van der Waals surface area contributed by atoms with E-state index in [1.807, 2.05) is 19.1 Å². The summed E-state index contributed by atoms with van der Waals surface area (Å²) in [6, 6.07) is 12.3. The van der Waals surface area contributed by atoms with E-state index in [9.17, 15) is 9.59 Å². The molecule has 1 saturated heterocycles. The van der Waals surface area contributed by atoms with Crippen LogP contribution in [-0.4, -0.2) is 57.3 Å².